The van der Waals surface area contributed by atoms with Gasteiger partial charge in [0.15, 0.2) is 11.6 Å². The Labute approximate surface area is 490 Å². The van der Waals surface area contributed by atoms with Crippen molar-refractivity contribution in [3.8, 4) is 11.1 Å². The van der Waals surface area contributed by atoms with Crippen molar-refractivity contribution >= 4 is 58.9 Å². The topological polar surface area (TPSA) is 327 Å². The number of esters is 2. The van der Waals surface area contributed by atoms with E-state index >= 15 is 0 Å². The summed E-state index contributed by atoms with van der Waals surface area (Å²) in [6.45, 7) is 3.67. The maximum absolute atomic E-state index is 14.3. The van der Waals surface area contributed by atoms with Crippen LogP contribution >= 0.6 is 0 Å². The number of likely N-dealkylation sites (tertiary alicyclic amines) is 1. The van der Waals surface area contributed by atoms with Crippen LogP contribution in [0, 0.1) is 23.7 Å². The number of nitrogens with two attached hydrogens (primary N) is 1. The molecule has 2 aliphatic carbocycles. The fourth-order valence-electron chi connectivity index (χ4n) is 11.6. The molecule has 84 heavy (non-hydrogen) atoms. The Morgan fingerprint density at radius 2 is 1.23 bits per heavy atom. The minimum absolute atomic E-state index is 0.0461. The van der Waals surface area contributed by atoms with Crippen molar-refractivity contribution in [3.63, 3.8) is 0 Å². The van der Waals surface area contributed by atoms with E-state index < -0.39 is 120 Å². The Morgan fingerprint density at radius 3 is 1.83 bits per heavy atom. The number of aliphatic hydroxyl groups is 3. The van der Waals surface area contributed by atoms with E-state index in [9.17, 15) is 63.3 Å². The molecule has 1 saturated carbocycles. The first-order valence-electron chi connectivity index (χ1n) is 29.6. The number of benzene rings is 3. The second-order valence-corrected chi connectivity index (χ2v) is 22.9. The number of fused-ring (bicyclic) bond motifs is 3. The van der Waals surface area contributed by atoms with Gasteiger partial charge in [-0.15, -0.1) is 0 Å². The number of nitrogens with zero attached hydrogens (tertiary/aromatic N) is 1. The number of carbonyl (C=O) groups excluding carboxylic acids is 10. The van der Waals surface area contributed by atoms with Crippen LogP contribution in [-0.4, -0.2) is 142 Å². The lowest BCUT2D eigenvalue weighted by atomic mass is 9.77. The number of ether oxygens (including phenoxy) is 2. The third kappa shape index (κ3) is 19.1. The number of rotatable bonds is 33. The Hall–Kier alpha value is -7.36. The molecule has 2 fully saturated rings. The average Bonchev–Trinajstić information content (AvgIpc) is 3.32. The van der Waals surface area contributed by atoms with Gasteiger partial charge in [0.05, 0.1) is 25.2 Å². The predicted molar refractivity (Wildman–Crippen MR) is 308 cm³/mol. The molecule has 5 unspecified atom stereocenters. The second kappa shape index (κ2) is 32.6. The summed E-state index contributed by atoms with van der Waals surface area (Å²) in [6.07, 6.45) is 1.98. The standard InChI is InChI=1S/C63H84N6O15/c1-38(2)31-42(63(82)84-37-49-47-21-12-10-19-45(47)46-20-11-13-22-48(46)49)25-28-54(73)52(35-71)68-61(80)50(27-30-56(64)75)66-60(79)44(41-17-8-5-9-18-41)26-29-55(74)51(34-70)67-59(78)39(3)65-62(81)53-32-43(72)33-69(53)57(76)23-14-24-58(77)83-36-40-15-6-4-7-16-40/h4,6-7,10-13,15-16,19-22,38-39,41-44,49-53,70-72H,5,8-9,14,17-18,23-37H2,1-3H3,(H2,64,75)(H,65,81)(H,66,79)(H,67,78)(H,68,80)/t39-,42?,43+,44?,50?,51?,52?,53-/m0/s1. The number of amides is 6. The molecule has 8 atom stereocenters. The number of ketones is 2. The van der Waals surface area contributed by atoms with E-state index in [-0.39, 0.29) is 102 Å². The number of hydrogen-bond donors (Lipinski definition) is 8. The molecule has 3 aromatic carbocycles. The van der Waals surface area contributed by atoms with Crippen LogP contribution in [0.25, 0.3) is 11.1 Å². The molecule has 3 aliphatic rings. The van der Waals surface area contributed by atoms with Gasteiger partial charge >= 0.3 is 11.9 Å². The fourth-order valence-corrected chi connectivity index (χ4v) is 11.6. The first-order chi connectivity index (χ1) is 40.3. The molecule has 6 amide bonds. The maximum atomic E-state index is 14.3. The molecule has 456 valence electrons. The zero-order valence-electron chi connectivity index (χ0n) is 48.5. The molecule has 3 aromatic rings. The van der Waals surface area contributed by atoms with E-state index in [1.54, 1.807) is 0 Å². The van der Waals surface area contributed by atoms with Crippen LogP contribution in [-0.2, 0) is 64.0 Å². The average molecular weight is 1170 g/mol. The molecule has 1 aliphatic heterocycles. The van der Waals surface area contributed by atoms with E-state index in [1.165, 1.54) is 11.8 Å². The molecular weight excluding hydrogens is 1080 g/mol. The normalized spacial score (nSPS) is 18.0. The van der Waals surface area contributed by atoms with Crippen molar-refractivity contribution in [2.24, 2.45) is 29.4 Å². The highest BCUT2D eigenvalue weighted by molar-refractivity contribution is 5.96. The zero-order chi connectivity index (χ0) is 60.9. The number of Topliss-reactive ketones (excluding diaryl/α,β-unsaturated/α-hetero) is 2. The van der Waals surface area contributed by atoms with Gasteiger partial charge < -0.3 is 56.7 Å². The van der Waals surface area contributed by atoms with E-state index in [4.69, 9.17) is 15.2 Å². The van der Waals surface area contributed by atoms with Crippen molar-refractivity contribution in [1.82, 2.24) is 26.2 Å². The van der Waals surface area contributed by atoms with Crippen LogP contribution < -0.4 is 27.0 Å². The summed E-state index contributed by atoms with van der Waals surface area (Å²) in [5.74, 6) is -8.30. The Morgan fingerprint density at radius 1 is 0.643 bits per heavy atom. The third-order valence-electron chi connectivity index (χ3n) is 16.2. The largest absolute Gasteiger partial charge is 0.464 e. The third-order valence-corrected chi connectivity index (χ3v) is 16.2. The smallest absolute Gasteiger partial charge is 0.308 e. The Kier molecular flexibility index (Phi) is 25.6. The second-order valence-electron chi connectivity index (χ2n) is 22.9. The summed E-state index contributed by atoms with van der Waals surface area (Å²) in [5, 5.41) is 41.4. The molecule has 9 N–H and O–H groups in total. The number of hydrogen-bond acceptors (Lipinski definition) is 15. The van der Waals surface area contributed by atoms with Crippen molar-refractivity contribution in [1.29, 1.82) is 0 Å². The number of β-amino-alcohol motifs (C(OH)–C–C–N with tert-alkyl or cyclic N) is 1. The minimum Gasteiger partial charge on any atom is -0.464 e. The number of nitrogens with one attached hydrogen (secondary N) is 4. The number of aliphatic hydroxyl groups excluding tert-OH is 3. The summed E-state index contributed by atoms with van der Waals surface area (Å²) in [4.78, 5) is 135. The molecule has 6 rings (SSSR count). The van der Waals surface area contributed by atoms with Gasteiger partial charge in [0.1, 0.15) is 43.4 Å². The van der Waals surface area contributed by atoms with Gasteiger partial charge in [-0.1, -0.05) is 112 Å². The number of carbonyl (C=O) groups is 10. The predicted octanol–water partition coefficient (Wildman–Crippen LogP) is 3.98. The van der Waals surface area contributed by atoms with Crippen molar-refractivity contribution < 1.29 is 72.7 Å². The fraction of sp³-hybridized carbons (Fsp3) is 0.556. The summed E-state index contributed by atoms with van der Waals surface area (Å²) < 4.78 is 11.2. The highest BCUT2D eigenvalue weighted by atomic mass is 16.5. The summed E-state index contributed by atoms with van der Waals surface area (Å²) >= 11 is 0. The van der Waals surface area contributed by atoms with Crippen LogP contribution in [0.2, 0.25) is 0 Å². The first-order valence-corrected chi connectivity index (χ1v) is 29.6. The van der Waals surface area contributed by atoms with E-state index in [2.05, 4.69) is 21.3 Å². The SMILES string of the molecule is CC(C)CC(CCC(=O)C(CO)NC(=O)C(CCC(N)=O)NC(=O)C(CCC(=O)C(CO)NC(=O)[C@H](C)NC(=O)[C@@H]1C[C@@H](O)CN1C(=O)CCCC(=O)OCc1ccccc1)C1CCCCC1)C(=O)OCC1c2ccccc2-c2ccccc21. The molecule has 21 nitrogen and oxygen atoms in total. The monoisotopic (exact) mass is 1160 g/mol. The molecule has 0 radical (unpaired) electrons. The molecule has 1 saturated heterocycles. The lowest BCUT2D eigenvalue weighted by molar-refractivity contribution is -0.150. The lowest BCUT2D eigenvalue weighted by Crippen LogP contribution is -2.55. The van der Waals surface area contributed by atoms with Gasteiger partial charge in [-0.25, -0.2) is 0 Å². The van der Waals surface area contributed by atoms with Gasteiger partial charge in [-0.05, 0) is 91.5 Å². The quantitative estimate of drug-likeness (QED) is 0.0400. The van der Waals surface area contributed by atoms with Crippen molar-refractivity contribution in [2.45, 2.75) is 172 Å². The van der Waals surface area contributed by atoms with E-state index in [0.29, 0.717) is 19.3 Å². The van der Waals surface area contributed by atoms with Gasteiger partial charge in [0, 0.05) is 56.9 Å². The van der Waals surface area contributed by atoms with Gasteiger partial charge in [0.25, 0.3) is 0 Å². The van der Waals surface area contributed by atoms with Crippen molar-refractivity contribution in [3.05, 3.63) is 95.6 Å². The van der Waals surface area contributed by atoms with Gasteiger partial charge in [0.2, 0.25) is 35.4 Å². The molecule has 0 bridgehead atoms. The molecule has 0 aromatic heterocycles. The first kappa shape index (κ1) is 65.8. The van der Waals surface area contributed by atoms with E-state index in [0.717, 1.165) is 47.1 Å². The highest BCUT2D eigenvalue weighted by Gasteiger charge is 2.40. The van der Waals surface area contributed by atoms with Crippen LogP contribution in [0.5, 0.6) is 0 Å². The van der Waals surface area contributed by atoms with Crippen LogP contribution in [0.1, 0.15) is 146 Å². The summed E-state index contributed by atoms with van der Waals surface area (Å²) in [7, 11) is 0. The number of primary amides is 1. The van der Waals surface area contributed by atoms with E-state index in [1.807, 2.05) is 92.7 Å². The molecule has 0 spiro atoms. The molecule has 21 heteroatoms. The highest BCUT2D eigenvalue weighted by Crippen LogP contribution is 2.45. The van der Waals surface area contributed by atoms with Crippen molar-refractivity contribution in [2.75, 3.05) is 26.4 Å². The summed E-state index contributed by atoms with van der Waals surface area (Å²) in [5.41, 5.74) is 10.6. The summed E-state index contributed by atoms with van der Waals surface area (Å²) in [6, 6.07) is 18.4. The van der Waals surface area contributed by atoms with Gasteiger partial charge in [-0.3, -0.25) is 47.9 Å². The maximum Gasteiger partial charge on any atom is 0.308 e. The Balaban J connectivity index is 1.01. The Bertz CT molecular complexity index is 2720. The van der Waals surface area contributed by atoms with Gasteiger partial charge in [-0.2, -0.15) is 0 Å². The minimum atomic E-state index is -1.45. The van der Waals surface area contributed by atoms with Crippen LogP contribution in [0.15, 0.2) is 78.9 Å². The molecular formula is C63H84N6O15. The van der Waals surface area contributed by atoms with Crippen LogP contribution in [0.3, 0.4) is 0 Å². The molecule has 1 heterocycles. The lowest BCUT2D eigenvalue weighted by Gasteiger charge is -2.31. The zero-order valence-corrected chi connectivity index (χ0v) is 48.5. The van der Waals surface area contributed by atoms with Crippen LogP contribution in [0.4, 0.5) is 0 Å².